The summed E-state index contributed by atoms with van der Waals surface area (Å²) in [4.78, 5) is 136. The molecule has 0 saturated carbocycles. The number of benzene rings is 2. The second-order valence-corrected chi connectivity index (χ2v) is 14.0. The van der Waals surface area contributed by atoms with Crippen LogP contribution in [0.4, 0.5) is 28.4 Å². The number of amides is 1. The average molecular weight is 929 g/mol. The Morgan fingerprint density at radius 3 is 1.59 bits per heavy atom. The lowest BCUT2D eigenvalue weighted by atomic mass is 9.45. The van der Waals surface area contributed by atoms with Gasteiger partial charge in [0, 0.05) is 37.8 Å². The summed E-state index contributed by atoms with van der Waals surface area (Å²) in [6.07, 6.45) is -5.98. The summed E-state index contributed by atoms with van der Waals surface area (Å²) in [5, 5.41) is 31.6. The minimum atomic E-state index is -3.32. The van der Waals surface area contributed by atoms with Gasteiger partial charge in [-0.1, -0.05) is 0 Å². The Bertz CT molecular complexity index is 2270. The largest absolute Gasteiger partial charge is 0.469 e. The highest BCUT2D eigenvalue weighted by Gasteiger charge is 2.77. The molecule has 1 amide bonds. The average Bonchev–Trinajstić information content (AvgIpc) is 3.31. The maximum absolute atomic E-state index is 15.0. The van der Waals surface area contributed by atoms with Crippen molar-refractivity contribution in [1.29, 1.82) is 5.26 Å². The Hall–Kier alpha value is -8.04. The molecular weight excluding hydrogens is 880 g/mol. The van der Waals surface area contributed by atoms with Gasteiger partial charge in [0.15, 0.2) is 0 Å². The highest BCUT2D eigenvalue weighted by molar-refractivity contribution is 6.02. The molecule has 2 unspecified atom stereocenters. The highest BCUT2D eigenvalue weighted by atomic mass is 16.6. The van der Waals surface area contributed by atoms with Crippen LogP contribution in [0.15, 0.2) is 46.6 Å². The van der Waals surface area contributed by atoms with Gasteiger partial charge in [-0.15, -0.1) is 10.2 Å². The number of carbonyl (C=O) groups is 9. The van der Waals surface area contributed by atoms with Crippen LogP contribution >= 0.6 is 0 Å². The molecule has 2 atom stereocenters. The third-order valence-corrected chi connectivity index (χ3v) is 10.5. The van der Waals surface area contributed by atoms with Crippen LogP contribution in [-0.4, -0.2) is 129 Å². The third kappa shape index (κ3) is 11.9. The van der Waals surface area contributed by atoms with Gasteiger partial charge in [0.2, 0.25) is 5.91 Å². The molecule has 0 aliphatic rings. The molecule has 0 spiro atoms. The molecule has 0 radical (unpaired) electrons. The molecule has 0 aromatic heterocycles. The van der Waals surface area contributed by atoms with Crippen molar-refractivity contribution in [3.8, 4) is 6.07 Å². The molecule has 0 saturated heterocycles. The number of methoxy groups -OCH3 is 8. The molecule has 25 nitrogen and oxygen atoms in total. The molecular formula is C41H48N6O19. The maximum atomic E-state index is 15.0. The van der Waals surface area contributed by atoms with Crippen LogP contribution in [0.1, 0.15) is 44.6 Å². The van der Waals surface area contributed by atoms with Gasteiger partial charge in [-0.05, 0) is 24.3 Å². The van der Waals surface area contributed by atoms with Gasteiger partial charge in [0.05, 0.1) is 105 Å². The van der Waals surface area contributed by atoms with Crippen LogP contribution in [0.3, 0.4) is 0 Å². The number of anilines is 2. The number of azo groups is 1. The first-order chi connectivity index (χ1) is 31.2. The number of nitrogens with one attached hydrogen (secondary N) is 1. The van der Waals surface area contributed by atoms with Crippen molar-refractivity contribution >= 4 is 82.1 Å². The van der Waals surface area contributed by atoms with Gasteiger partial charge in [-0.3, -0.25) is 53.3 Å². The number of hydrogen-bond donors (Lipinski definition) is 1. The van der Waals surface area contributed by atoms with Gasteiger partial charge >= 0.3 is 47.8 Å². The zero-order valence-corrected chi connectivity index (χ0v) is 37.4. The fraction of sp³-hybridized carbons (Fsp3) is 0.463. The third-order valence-electron chi connectivity index (χ3n) is 10.5. The molecule has 25 heteroatoms. The van der Waals surface area contributed by atoms with Crippen molar-refractivity contribution in [2.75, 3.05) is 80.2 Å². The summed E-state index contributed by atoms with van der Waals surface area (Å²) < 4.78 is 40.3. The molecule has 0 fully saturated rings. The van der Waals surface area contributed by atoms with Crippen molar-refractivity contribution in [2.45, 2.75) is 39.0 Å². The lowest BCUT2D eigenvalue weighted by molar-refractivity contribution is -0.384. The van der Waals surface area contributed by atoms with Crippen LogP contribution in [0.2, 0.25) is 0 Å². The molecule has 66 heavy (non-hydrogen) atoms. The summed E-state index contributed by atoms with van der Waals surface area (Å²) in [5.74, 6) is -11.7. The molecule has 0 heterocycles. The predicted molar refractivity (Wildman–Crippen MR) is 221 cm³/mol. The van der Waals surface area contributed by atoms with E-state index in [0.29, 0.717) is 0 Å². The molecule has 2 aromatic rings. The first kappa shape index (κ1) is 54.1. The zero-order chi connectivity index (χ0) is 50.0. The minimum Gasteiger partial charge on any atom is -0.469 e. The number of non-ortho nitro benzene ring substituents is 1. The second-order valence-electron chi connectivity index (χ2n) is 14.0. The molecule has 0 aliphatic carbocycles. The minimum absolute atomic E-state index is 0.0748. The number of esters is 8. The molecule has 1 N–H and O–H groups in total. The fourth-order valence-corrected chi connectivity index (χ4v) is 7.38. The van der Waals surface area contributed by atoms with E-state index in [1.807, 2.05) is 0 Å². The lowest BCUT2D eigenvalue weighted by Crippen LogP contribution is -2.69. The highest BCUT2D eigenvalue weighted by Crippen LogP contribution is 2.62. The molecule has 0 bridgehead atoms. The summed E-state index contributed by atoms with van der Waals surface area (Å²) in [7, 11) is 6.93. The van der Waals surface area contributed by atoms with Gasteiger partial charge in [0.25, 0.3) is 5.69 Å². The first-order valence-electron chi connectivity index (χ1n) is 19.1. The van der Waals surface area contributed by atoms with Gasteiger partial charge in [0.1, 0.15) is 33.7 Å². The summed E-state index contributed by atoms with van der Waals surface area (Å²) in [5.41, 5.74) is -10.6. The quantitative estimate of drug-likeness (QED) is 0.0550. The summed E-state index contributed by atoms with van der Waals surface area (Å²) in [6, 6.07) is 8.75. The number of hydrogen-bond acceptors (Lipinski definition) is 23. The monoisotopic (exact) mass is 928 g/mol. The first-order valence-corrected chi connectivity index (χ1v) is 19.1. The van der Waals surface area contributed by atoms with Crippen molar-refractivity contribution in [3.05, 3.63) is 52.1 Å². The Morgan fingerprint density at radius 1 is 0.652 bits per heavy atom. The molecule has 0 aliphatic heterocycles. The van der Waals surface area contributed by atoms with E-state index in [-0.39, 0.29) is 28.3 Å². The number of rotatable bonds is 23. The van der Waals surface area contributed by atoms with E-state index in [4.69, 9.17) is 37.9 Å². The van der Waals surface area contributed by atoms with Crippen molar-refractivity contribution in [1.82, 2.24) is 0 Å². The maximum Gasteiger partial charge on any atom is 0.315 e. The van der Waals surface area contributed by atoms with E-state index in [2.05, 4.69) is 15.5 Å². The Balaban J connectivity index is 3.40. The van der Waals surface area contributed by atoms with E-state index in [1.165, 1.54) is 23.1 Å². The predicted octanol–water partition coefficient (Wildman–Crippen LogP) is 2.94. The van der Waals surface area contributed by atoms with Gasteiger partial charge in [-0.2, -0.15) is 5.26 Å². The standard InChI is InChI=1S/C41H48N6O19/c1-24(48)43-30-17-26(10-13-29(30)45-44-28-12-11-27(47(57)58)16-25(28)22-42)46(15-14-31(49)59-2)23-40(37(55)65-8,20-34(52)62-5)41(38(56)66-9,21-35(53)63-6)39(36(54)64-7,18-32(50)60-3)19-33(51)61-4/h10-13,16-17H,14-15,18-21,23H2,1-9H3,(H,43,48). The van der Waals surface area contributed by atoms with E-state index in [9.17, 15) is 48.9 Å². The summed E-state index contributed by atoms with van der Waals surface area (Å²) in [6.45, 7) is -0.485. The normalized spacial score (nSPS) is 12.7. The van der Waals surface area contributed by atoms with Gasteiger partial charge < -0.3 is 48.1 Å². The second kappa shape index (κ2) is 24.1. The molecule has 2 aromatic carbocycles. The van der Waals surface area contributed by atoms with Gasteiger partial charge in [-0.25, -0.2) is 0 Å². The Morgan fingerprint density at radius 2 is 1.12 bits per heavy atom. The van der Waals surface area contributed by atoms with Crippen LogP contribution in [-0.2, 0) is 81.0 Å². The summed E-state index contributed by atoms with van der Waals surface area (Å²) >= 11 is 0. The number of nitriles is 1. The van der Waals surface area contributed by atoms with Crippen LogP contribution in [0, 0.1) is 37.7 Å². The lowest BCUT2D eigenvalue weighted by Gasteiger charge is -2.55. The van der Waals surface area contributed by atoms with E-state index in [0.717, 1.165) is 82.0 Å². The smallest absolute Gasteiger partial charge is 0.315 e. The number of carbonyl (C=O) groups excluding carboxylic acids is 9. The van der Waals surface area contributed by atoms with Crippen molar-refractivity contribution in [2.24, 2.45) is 26.5 Å². The number of nitro groups is 1. The van der Waals surface area contributed by atoms with Crippen LogP contribution in [0.25, 0.3) is 0 Å². The van der Waals surface area contributed by atoms with E-state index >= 15 is 9.59 Å². The molecule has 356 valence electrons. The molecule has 2 rings (SSSR count). The van der Waals surface area contributed by atoms with Crippen molar-refractivity contribution < 1.29 is 86.0 Å². The Kier molecular flexibility index (Phi) is 19.8. The van der Waals surface area contributed by atoms with Crippen molar-refractivity contribution in [3.63, 3.8) is 0 Å². The Labute approximate surface area is 376 Å². The fourth-order valence-electron chi connectivity index (χ4n) is 7.38. The van der Waals surface area contributed by atoms with E-state index in [1.54, 1.807) is 6.07 Å². The SMILES string of the molecule is COC(=O)CCN(CC(CC(=O)OC)(C(=O)OC)C(CC(=O)OC)(C(=O)OC)C(CC(=O)OC)(CC(=O)OC)C(=O)OC)c1ccc(N=Nc2ccc([N+](=O)[O-])cc2C#N)c(NC(C)=O)c1. The topological polar surface area (TPSA) is 334 Å². The number of nitrogens with zero attached hydrogens (tertiary/aromatic N) is 5. The van der Waals surface area contributed by atoms with Crippen LogP contribution in [0.5, 0.6) is 0 Å². The number of nitro benzene ring substituents is 1. The van der Waals surface area contributed by atoms with Crippen LogP contribution < -0.4 is 10.2 Å². The zero-order valence-electron chi connectivity index (χ0n) is 37.4. The van der Waals surface area contributed by atoms with E-state index < -0.39 is 126 Å². The number of ether oxygens (including phenoxy) is 8.